The third kappa shape index (κ3) is 5.20. The third-order valence-electron chi connectivity index (χ3n) is 4.29. The molecule has 30 heavy (non-hydrogen) atoms. The average Bonchev–Trinajstić information content (AvgIpc) is 2.65. The Morgan fingerprint density at radius 1 is 1.43 bits per heavy atom. The number of hydroxylamine groups is 1. The van der Waals surface area contributed by atoms with Crippen molar-refractivity contribution in [1.29, 1.82) is 5.26 Å². The normalized spacial score (nSPS) is 18.2. The first-order valence-electron chi connectivity index (χ1n) is 9.29. The molecule has 0 atom stereocenters. The fourth-order valence-corrected chi connectivity index (χ4v) is 2.70. The van der Waals surface area contributed by atoms with E-state index in [1.807, 2.05) is 6.07 Å². The monoisotopic (exact) mass is 415 g/mol. The van der Waals surface area contributed by atoms with E-state index in [9.17, 15) is 14.3 Å². The van der Waals surface area contributed by atoms with Gasteiger partial charge < -0.3 is 15.6 Å². The maximum absolute atomic E-state index is 13.2. The lowest BCUT2D eigenvalue weighted by Gasteiger charge is -2.30. The number of nitriles is 1. The number of nitrogens with zero attached hydrogens (tertiary/aromatic N) is 3. The van der Waals surface area contributed by atoms with Gasteiger partial charge in [0.15, 0.2) is 5.82 Å². The summed E-state index contributed by atoms with van der Waals surface area (Å²) in [6.07, 6.45) is -1.05. The molecule has 4 N–H and O–H groups in total. The van der Waals surface area contributed by atoms with Gasteiger partial charge in [-0.1, -0.05) is 12.1 Å². The fourth-order valence-electron chi connectivity index (χ4n) is 2.70. The van der Waals surface area contributed by atoms with Crippen molar-refractivity contribution < 1.29 is 23.9 Å². The number of amides is 1. The second-order valence-electron chi connectivity index (χ2n) is 7.65. The second-order valence-corrected chi connectivity index (χ2v) is 7.65. The van der Waals surface area contributed by atoms with E-state index >= 15 is 0 Å². The average molecular weight is 415 g/mol. The Morgan fingerprint density at radius 2 is 2.17 bits per heavy atom. The number of nitrogens with two attached hydrogens (primary N) is 1. The first-order chi connectivity index (χ1) is 14.2. The van der Waals surface area contributed by atoms with Crippen LogP contribution in [0.3, 0.4) is 0 Å². The number of aliphatic hydroxyl groups is 1. The van der Waals surface area contributed by atoms with Gasteiger partial charge in [-0.3, -0.25) is 9.63 Å². The number of benzene rings is 1. The molecule has 0 bridgehead atoms. The van der Waals surface area contributed by atoms with Crippen molar-refractivity contribution in [1.82, 2.24) is 15.4 Å². The van der Waals surface area contributed by atoms with Gasteiger partial charge in [-0.2, -0.15) is 10.2 Å². The molecule has 1 aliphatic rings. The minimum atomic E-state index is -1.16. The van der Waals surface area contributed by atoms with Gasteiger partial charge in [0.1, 0.15) is 30.3 Å². The molecule has 1 aromatic heterocycles. The SMILES string of the molecule is CC(C)(O)CONC(=O)c1c(N)nc(-c2cccc(C#N)c2)nc1OC1CC(F)C1. The second kappa shape index (κ2) is 8.61. The highest BCUT2D eigenvalue weighted by atomic mass is 19.1. The first kappa shape index (κ1) is 21.4. The molecular weight excluding hydrogens is 393 g/mol. The van der Waals surface area contributed by atoms with Gasteiger partial charge in [-0.25, -0.2) is 14.9 Å². The number of ether oxygens (including phenoxy) is 1. The van der Waals surface area contributed by atoms with Crippen molar-refractivity contribution in [2.75, 3.05) is 12.3 Å². The van der Waals surface area contributed by atoms with E-state index in [1.54, 1.807) is 24.3 Å². The first-order valence-corrected chi connectivity index (χ1v) is 9.29. The molecule has 0 aliphatic heterocycles. The Morgan fingerprint density at radius 3 is 2.80 bits per heavy atom. The zero-order valence-corrected chi connectivity index (χ0v) is 16.6. The van der Waals surface area contributed by atoms with E-state index in [1.165, 1.54) is 13.8 Å². The summed E-state index contributed by atoms with van der Waals surface area (Å²) in [5.41, 5.74) is 7.78. The van der Waals surface area contributed by atoms with E-state index < -0.39 is 23.8 Å². The minimum Gasteiger partial charge on any atom is -0.473 e. The molecule has 9 nitrogen and oxygen atoms in total. The Kier molecular flexibility index (Phi) is 6.14. The van der Waals surface area contributed by atoms with Crippen LogP contribution in [0.5, 0.6) is 5.88 Å². The van der Waals surface area contributed by atoms with Crippen LogP contribution in [0.2, 0.25) is 0 Å². The van der Waals surface area contributed by atoms with Crippen LogP contribution in [0.1, 0.15) is 42.6 Å². The Hall–Kier alpha value is -3.29. The lowest BCUT2D eigenvalue weighted by atomic mass is 9.94. The van der Waals surface area contributed by atoms with Crippen molar-refractivity contribution in [2.24, 2.45) is 0 Å². The van der Waals surface area contributed by atoms with Gasteiger partial charge in [0.05, 0.1) is 17.2 Å². The summed E-state index contributed by atoms with van der Waals surface area (Å²) in [7, 11) is 0. The van der Waals surface area contributed by atoms with Crippen LogP contribution in [0.15, 0.2) is 24.3 Å². The van der Waals surface area contributed by atoms with Crippen LogP contribution < -0.4 is 16.0 Å². The van der Waals surface area contributed by atoms with E-state index in [2.05, 4.69) is 15.4 Å². The van der Waals surface area contributed by atoms with Crippen molar-refractivity contribution in [3.8, 4) is 23.3 Å². The summed E-state index contributed by atoms with van der Waals surface area (Å²) >= 11 is 0. The van der Waals surface area contributed by atoms with Crippen molar-refractivity contribution in [3.05, 3.63) is 35.4 Å². The summed E-state index contributed by atoms with van der Waals surface area (Å²) in [6, 6.07) is 8.58. The summed E-state index contributed by atoms with van der Waals surface area (Å²) in [5.74, 6) is -0.885. The smallest absolute Gasteiger partial charge is 0.284 e. The summed E-state index contributed by atoms with van der Waals surface area (Å²) in [5, 5.41) is 18.8. The number of carbonyl (C=O) groups excluding carboxylic acids is 1. The number of nitrogen functional groups attached to an aromatic ring is 1. The Balaban J connectivity index is 1.92. The van der Waals surface area contributed by atoms with Crippen LogP contribution in [0.25, 0.3) is 11.4 Å². The van der Waals surface area contributed by atoms with Gasteiger partial charge in [0.25, 0.3) is 5.91 Å². The topological polar surface area (TPSA) is 143 Å². The number of carbonyl (C=O) groups is 1. The van der Waals surface area contributed by atoms with Crippen molar-refractivity contribution >= 4 is 11.7 Å². The molecule has 3 rings (SSSR count). The lowest BCUT2D eigenvalue weighted by Crippen LogP contribution is -2.37. The van der Waals surface area contributed by atoms with Gasteiger partial charge in [0, 0.05) is 18.4 Å². The fraction of sp³-hybridized carbons (Fsp3) is 0.400. The molecule has 1 heterocycles. The Bertz CT molecular complexity index is 980. The van der Waals surface area contributed by atoms with Crippen molar-refractivity contribution in [3.63, 3.8) is 0 Å². The number of hydrogen-bond acceptors (Lipinski definition) is 8. The number of anilines is 1. The van der Waals surface area contributed by atoms with E-state index in [4.69, 9.17) is 20.6 Å². The summed E-state index contributed by atoms with van der Waals surface area (Å²) < 4.78 is 18.9. The van der Waals surface area contributed by atoms with Crippen LogP contribution in [0.4, 0.5) is 10.2 Å². The number of halogens is 1. The van der Waals surface area contributed by atoms with Crippen LogP contribution >= 0.6 is 0 Å². The summed E-state index contributed by atoms with van der Waals surface area (Å²) in [4.78, 5) is 26.1. The zero-order chi connectivity index (χ0) is 21.9. The molecular formula is C20H22FN5O4. The lowest BCUT2D eigenvalue weighted by molar-refractivity contribution is -0.0524. The van der Waals surface area contributed by atoms with Crippen LogP contribution in [0, 0.1) is 11.3 Å². The molecule has 1 saturated carbocycles. The quantitative estimate of drug-likeness (QED) is 0.582. The highest BCUT2D eigenvalue weighted by Crippen LogP contribution is 2.32. The molecule has 0 radical (unpaired) electrons. The number of hydrogen-bond donors (Lipinski definition) is 3. The predicted octanol–water partition coefficient (Wildman–Crippen LogP) is 1.91. The summed E-state index contributed by atoms with van der Waals surface area (Å²) in [6.45, 7) is 2.86. The van der Waals surface area contributed by atoms with Crippen LogP contribution in [-0.4, -0.2) is 45.5 Å². The molecule has 0 saturated heterocycles. The predicted molar refractivity (Wildman–Crippen MR) is 105 cm³/mol. The molecule has 1 amide bonds. The molecule has 1 fully saturated rings. The standard InChI is InChI=1S/C20H22FN5O4/c1-20(2,28)10-29-26-18(27)15-16(23)24-17(12-5-3-4-11(6-12)9-22)25-19(15)30-14-7-13(21)8-14/h3-6,13-14,28H,7-8,10H2,1-2H3,(H,26,27)(H2,23,24,25). The maximum atomic E-state index is 13.2. The Labute approximate surface area is 172 Å². The zero-order valence-electron chi connectivity index (χ0n) is 16.6. The highest BCUT2D eigenvalue weighted by molar-refractivity contribution is 6.00. The van der Waals surface area contributed by atoms with Gasteiger partial charge >= 0.3 is 0 Å². The molecule has 1 aliphatic carbocycles. The highest BCUT2D eigenvalue weighted by Gasteiger charge is 2.33. The molecule has 10 heteroatoms. The number of aromatic nitrogens is 2. The molecule has 0 spiro atoms. The maximum Gasteiger partial charge on any atom is 0.284 e. The molecule has 2 aromatic rings. The number of alkyl halides is 1. The van der Waals surface area contributed by atoms with E-state index in [0.717, 1.165) is 0 Å². The van der Waals surface area contributed by atoms with Crippen LogP contribution in [-0.2, 0) is 4.84 Å². The van der Waals surface area contributed by atoms with Gasteiger partial charge in [-0.15, -0.1) is 0 Å². The minimum absolute atomic E-state index is 0.110. The largest absolute Gasteiger partial charge is 0.473 e. The number of nitrogens with one attached hydrogen (secondary N) is 1. The van der Waals surface area contributed by atoms with Crippen molar-refractivity contribution in [2.45, 2.75) is 44.6 Å². The molecule has 158 valence electrons. The third-order valence-corrected chi connectivity index (χ3v) is 4.29. The number of rotatable bonds is 7. The van der Waals surface area contributed by atoms with E-state index in [-0.39, 0.29) is 42.5 Å². The van der Waals surface area contributed by atoms with Gasteiger partial charge in [0.2, 0.25) is 5.88 Å². The van der Waals surface area contributed by atoms with E-state index in [0.29, 0.717) is 11.1 Å². The molecule has 1 aromatic carbocycles. The molecule has 0 unspecified atom stereocenters. The van der Waals surface area contributed by atoms with Gasteiger partial charge in [-0.05, 0) is 26.0 Å².